The Morgan fingerprint density at radius 1 is 0.933 bits per heavy atom. The Labute approximate surface area is 179 Å². The van der Waals surface area contributed by atoms with Crippen LogP contribution in [-0.2, 0) is 13.2 Å². The number of aromatic nitrogens is 3. The standard InChI is InChI=1S/C23H18ClN5O/c24-22-12-20(8-11-23(22)30-15-19-4-2-1-3-5-19)14-29(28-16-26-27-17-28)21-9-6-18(13-25)7-10-21/h1-12,16-17H,14-15H2. The highest BCUT2D eigenvalue weighted by Gasteiger charge is 2.12. The topological polar surface area (TPSA) is 67.0 Å². The predicted octanol–water partition coefficient (Wildman–Crippen LogP) is 4.85. The number of hydrogen-bond donors (Lipinski definition) is 0. The van der Waals surface area contributed by atoms with Crippen molar-refractivity contribution in [3.8, 4) is 11.8 Å². The molecule has 0 saturated heterocycles. The quantitative estimate of drug-likeness (QED) is 0.431. The number of nitriles is 1. The van der Waals surface area contributed by atoms with Gasteiger partial charge in [0.05, 0.1) is 28.9 Å². The lowest BCUT2D eigenvalue weighted by molar-refractivity contribution is 0.306. The maximum absolute atomic E-state index is 9.04. The van der Waals surface area contributed by atoms with E-state index in [1.165, 1.54) is 0 Å². The first-order valence-electron chi connectivity index (χ1n) is 9.31. The minimum Gasteiger partial charge on any atom is -0.487 e. The zero-order chi connectivity index (χ0) is 20.8. The number of rotatable bonds is 7. The fraction of sp³-hybridized carbons (Fsp3) is 0.0870. The van der Waals surface area contributed by atoms with E-state index in [2.05, 4.69) is 16.3 Å². The predicted molar refractivity (Wildman–Crippen MR) is 115 cm³/mol. The van der Waals surface area contributed by atoms with Gasteiger partial charge in [-0.1, -0.05) is 48.0 Å². The van der Waals surface area contributed by atoms with Crippen LogP contribution in [0, 0.1) is 11.3 Å². The van der Waals surface area contributed by atoms with Gasteiger partial charge < -0.3 is 4.74 Å². The fourth-order valence-corrected chi connectivity index (χ4v) is 3.26. The van der Waals surface area contributed by atoms with Gasteiger partial charge in [0, 0.05) is 0 Å². The molecule has 1 heterocycles. The lowest BCUT2D eigenvalue weighted by Gasteiger charge is -2.25. The van der Waals surface area contributed by atoms with Gasteiger partial charge in [0.25, 0.3) is 0 Å². The van der Waals surface area contributed by atoms with Crippen molar-refractivity contribution >= 4 is 17.3 Å². The summed E-state index contributed by atoms with van der Waals surface area (Å²) in [6.07, 6.45) is 3.24. The second-order valence-electron chi connectivity index (χ2n) is 6.60. The lowest BCUT2D eigenvalue weighted by Crippen LogP contribution is -2.27. The van der Waals surface area contributed by atoms with Gasteiger partial charge in [0.1, 0.15) is 25.0 Å². The highest BCUT2D eigenvalue weighted by atomic mass is 35.5. The summed E-state index contributed by atoms with van der Waals surface area (Å²) < 4.78 is 7.65. The first-order valence-corrected chi connectivity index (χ1v) is 9.68. The molecule has 4 aromatic rings. The smallest absolute Gasteiger partial charge is 0.139 e. The van der Waals surface area contributed by atoms with Crippen LogP contribution in [0.5, 0.6) is 5.75 Å². The van der Waals surface area contributed by atoms with Crippen LogP contribution >= 0.6 is 11.6 Å². The molecular weight excluding hydrogens is 398 g/mol. The molecule has 0 radical (unpaired) electrons. The molecule has 30 heavy (non-hydrogen) atoms. The van der Waals surface area contributed by atoms with Crippen LogP contribution in [0.2, 0.25) is 5.02 Å². The Kier molecular flexibility index (Phi) is 5.93. The highest BCUT2D eigenvalue weighted by molar-refractivity contribution is 6.32. The van der Waals surface area contributed by atoms with Gasteiger partial charge in [-0.05, 0) is 47.5 Å². The molecule has 3 aromatic carbocycles. The normalized spacial score (nSPS) is 10.4. The summed E-state index contributed by atoms with van der Waals surface area (Å²) in [5.74, 6) is 0.637. The number of halogens is 1. The molecule has 1 aromatic heterocycles. The molecule has 0 aliphatic carbocycles. The maximum Gasteiger partial charge on any atom is 0.139 e. The molecule has 0 aliphatic rings. The van der Waals surface area contributed by atoms with Crippen molar-refractivity contribution in [2.75, 3.05) is 5.01 Å². The second-order valence-corrected chi connectivity index (χ2v) is 7.00. The van der Waals surface area contributed by atoms with Gasteiger partial charge in [-0.25, -0.2) is 4.68 Å². The first-order chi connectivity index (χ1) is 14.7. The summed E-state index contributed by atoms with van der Waals surface area (Å²) in [5.41, 5.74) is 3.57. The molecule has 0 bridgehead atoms. The van der Waals surface area contributed by atoms with Gasteiger partial charge in [0.15, 0.2) is 0 Å². The molecule has 0 fully saturated rings. The van der Waals surface area contributed by atoms with Crippen LogP contribution in [-0.4, -0.2) is 14.9 Å². The summed E-state index contributed by atoms with van der Waals surface area (Å²) in [6, 6.07) is 25.2. The van der Waals surface area contributed by atoms with Crippen molar-refractivity contribution in [2.24, 2.45) is 0 Å². The van der Waals surface area contributed by atoms with Gasteiger partial charge in [-0.15, -0.1) is 10.2 Å². The van der Waals surface area contributed by atoms with Crippen LogP contribution in [0.25, 0.3) is 0 Å². The van der Waals surface area contributed by atoms with Gasteiger partial charge in [-0.3, -0.25) is 5.01 Å². The van der Waals surface area contributed by atoms with E-state index >= 15 is 0 Å². The minimum atomic E-state index is 0.456. The Balaban J connectivity index is 1.53. The molecule has 6 nitrogen and oxygen atoms in total. The third kappa shape index (κ3) is 4.59. The average molecular weight is 416 g/mol. The largest absolute Gasteiger partial charge is 0.487 e. The average Bonchev–Trinajstić information content (AvgIpc) is 3.32. The van der Waals surface area contributed by atoms with Gasteiger partial charge >= 0.3 is 0 Å². The molecule has 0 spiro atoms. The van der Waals surface area contributed by atoms with E-state index in [1.54, 1.807) is 29.5 Å². The molecule has 0 aliphatic heterocycles. The maximum atomic E-state index is 9.04. The van der Waals surface area contributed by atoms with E-state index in [0.29, 0.717) is 29.5 Å². The molecule has 0 unspecified atom stereocenters. The van der Waals surface area contributed by atoms with Crippen molar-refractivity contribution in [1.29, 1.82) is 5.26 Å². The van der Waals surface area contributed by atoms with E-state index in [1.807, 2.05) is 65.7 Å². The van der Waals surface area contributed by atoms with Gasteiger partial charge in [0.2, 0.25) is 0 Å². The van der Waals surface area contributed by atoms with E-state index in [9.17, 15) is 0 Å². The van der Waals surface area contributed by atoms with E-state index < -0.39 is 0 Å². The Bertz CT molecular complexity index is 1140. The van der Waals surface area contributed by atoms with Crippen LogP contribution in [0.3, 0.4) is 0 Å². The Morgan fingerprint density at radius 2 is 1.67 bits per heavy atom. The first kappa shape index (κ1) is 19.5. The summed E-state index contributed by atoms with van der Waals surface area (Å²) in [5, 5.41) is 19.4. The molecule has 0 N–H and O–H groups in total. The number of benzene rings is 3. The molecule has 7 heteroatoms. The SMILES string of the molecule is N#Cc1ccc(N(Cc2ccc(OCc3ccccc3)c(Cl)c2)n2cnnc2)cc1. The van der Waals surface area contributed by atoms with Crippen molar-refractivity contribution in [2.45, 2.75) is 13.2 Å². The van der Waals surface area contributed by atoms with Crippen molar-refractivity contribution in [1.82, 2.24) is 14.9 Å². The zero-order valence-corrected chi connectivity index (χ0v) is 16.8. The molecule has 4 rings (SSSR count). The molecule has 0 amide bonds. The van der Waals surface area contributed by atoms with E-state index in [0.717, 1.165) is 16.8 Å². The van der Waals surface area contributed by atoms with Crippen molar-refractivity contribution < 1.29 is 4.74 Å². The monoisotopic (exact) mass is 415 g/mol. The summed E-state index contributed by atoms with van der Waals surface area (Å²) in [6.45, 7) is 0.987. The van der Waals surface area contributed by atoms with E-state index in [-0.39, 0.29) is 0 Å². The highest BCUT2D eigenvalue weighted by Crippen LogP contribution is 2.28. The third-order valence-electron chi connectivity index (χ3n) is 4.55. The van der Waals surface area contributed by atoms with Gasteiger partial charge in [-0.2, -0.15) is 5.26 Å². The molecule has 148 valence electrons. The number of ether oxygens (including phenoxy) is 1. The second kappa shape index (κ2) is 9.12. The molecule has 0 atom stereocenters. The van der Waals surface area contributed by atoms with Crippen LogP contribution in [0.1, 0.15) is 16.7 Å². The summed E-state index contributed by atoms with van der Waals surface area (Å²) in [7, 11) is 0. The zero-order valence-electron chi connectivity index (χ0n) is 16.0. The fourth-order valence-electron chi connectivity index (χ4n) is 3.00. The molecular formula is C23H18ClN5O. The van der Waals surface area contributed by atoms with Crippen molar-refractivity contribution in [3.05, 3.63) is 107 Å². The van der Waals surface area contributed by atoms with Crippen LogP contribution in [0.4, 0.5) is 5.69 Å². The molecule has 0 saturated carbocycles. The number of anilines is 1. The Morgan fingerprint density at radius 3 is 2.33 bits per heavy atom. The summed E-state index contributed by atoms with van der Waals surface area (Å²) >= 11 is 6.48. The Hall–Kier alpha value is -3.82. The third-order valence-corrected chi connectivity index (χ3v) is 4.84. The van der Waals surface area contributed by atoms with Crippen LogP contribution < -0.4 is 9.75 Å². The lowest BCUT2D eigenvalue weighted by atomic mass is 10.2. The van der Waals surface area contributed by atoms with Crippen LogP contribution in [0.15, 0.2) is 85.5 Å². The number of hydrogen-bond acceptors (Lipinski definition) is 5. The number of nitrogens with zero attached hydrogens (tertiary/aromatic N) is 5. The van der Waals surface area contributed by atoms with E-state index in [4.69, 9.17) is 21.6 Å². The minimum absolute atomic E-state index is 0.456. The van der Waals surface area contributed by atoms with Crippen molar-refractivity contribution in [3.63, 3.8) is 0 Å². The summed E-state index contributed by atoms with van der Waals surface area (Å²) in [4.78, 5) is 0.